The van der Waals surface area contributed by atoms with Crippen LogP contribution < -0.4 is 9.46 Å². The minimum Gasteiger partial charge on any atom is -0.491 e. The molecule has 0 bridgehead atoms. The van der Waals surface area contributed by atoms with Crippen LogP contribution in [0.5, 0.6) is 5.75 Å². The highest BCUT2D eigenvalue weighted by molar-refractivity contribution is 7.93. The number of benzene rings is 1. The van der Waals surface area contributed by atoms with Gasteiger partial charge >= 0.3 is 6.03 Å². The Morgan fingerprint density at radius 2 is 1.72 bits per heavy atom. The molecule has 7 heteroatoms. The number of carbonyl (C=O) groups excluding carboxylic acids is 1. The lowest BCUT2D eigenvalue weighted by atomic mass is 10.2. The lowest BCUT2D eigenvalue weighted by Gasteiger charge is -2.30. The Hall–Kier alpha value is -2.02. The monoisotopic (exact) mass is 368 g/mol. The third kappa shape index (κ3) is 7.17. The van der Waals surface area contributed by atoms with Crippen molar-refractivity contribution in [2.24, 2.45) is 0 Å². The van der Waals surface area contributed by atoms with E-state index in [4.69, 9.17) is 4.74 Å². The van der Waals surface area contributed by atoms with Crippen molar-refractivity contribution in [3.63, 3.8) is 0 Å². The van der Waals surface area contributed by atoms with E-state index in [0.717, 1.165) is 5.41 Å². The number of nitrogens with one attached hydrogen (secondary N) is 1. The molecule has 0 spiro atoms. The summed E-state index contributed by atoms with van der Waals surface area (Å²) in [5, 5.41) is 0.984. The molecule has 0 atom stereocenters. The molecule has 0 aliphatic carbocycles. The van der Waals surface area contributed by atoms with Gasteiger partial charge in [-0.05, 0) is 65.3 Å². The first kappa shape index (κ1) is 21.0. The fraction of sp³-hybridized carbons (Fsp3) is 0.500. The van der Waals surface area contributed by atoms with Crippen molar-refractivity contribution in [1.82, 2.24) is 9.62 Å². The van der Waals surface area contributed by atoms with Gasteiger partial charge < -0.3 is 9.64 Å². The number of ether oxygens (including phenoxy) is 1. The Balaban J connectivity index is 2.87. The van der Waals surface area contributed by atoms with Gasteiger partial charge in [0.05, 0.1) is 11.5 Å². The summed E-state index contributed by atoms with van der Waals surface area (Å²) >= 11 is 0. The Morgan fingerprint density at radius 1 is 1.12 bits per heavy atom. The highest BCUT2D eigenvalue weighted by Crippen LogP contribution is 2.16. The molecule has 6 nitrogen and oxygen atoms in total. The minimum absolute atomic E-state index is 0.0281. The van der Waals surface area contributed by atoms with Gasteiger partial charge in [-0.25, -0.2) is 17.9 Å². The quantitative estimate of drug-likeness (QED) is 0.798. The number of amides is 2. The molecular weight excluding hydrogens is 340 g/mol. The Morgan fingerprint density at radius 3 is 2.24 bits per heavy atom. The lowest BCUT2D eigenvalue weighted by molar-refractivity contribution is 0.170. The first-order valence-corrected chi connectivity index (χ1v) is 9.86. The second-order valence-electron chi connectivity index (χ2n) is 6.59. The van der Waals surface area contributed by atoms with Crippen LogP contribution in [0.1, 0.15) is 47.1 Å². The summed E-state index contributed by atoms with van der Waals surface area (Å²) in [6.45, 7) is 11.2. The topological polar surface area (TPSA) is 75.7 Å². The zero-order valence-electron chi connectivity index (χ0n) is 15.7. The van der Waals surface area contributed by atoms with Gasteiger partial charge in [0, 0.05) is 12.1 Å². The maximum atomic E-state index is 12.2. The first-order valence-electron chi connectivity index (χ1n) is 8.31. The molecule has 1 N–H and O–H groups in total. The van der Waals surface area contributed by atoms with Crippen molar-refractivity contribution in [1.29, 1.82) is 0 Å². The number of rotatable bonds is 7. The van der Waals surface area contributed by atoms with Gasteiger partial charge in [-0.15, -0.1) is 0 Å². The smallest absolute Gasteiger partial charge is 0.331 e. The molecule has 1 rings (SSSR count). The van der Waals surface area contributed by atoms with E-state index < -0.39 is 16.1 Å². The summed E-state index contributed by atoms with van der Waals surface area (Å²) in [5.41, 5.74) is 0.667. The molecule has 0 aliphatic heterocycles. The van der Waals surface area contributed by atoms with Crippen molar-refractivity contribution in [3.8, 4) is 5.75 Å². The Kier molecular flexibility index (Phi) is 7.48. The Labute approximate surface area is 150 Å². The zero-order valence-corrected chi connectivity index (χ0v) is 16.5. The highest BCUT2D eigenvalue weighted by Gasteiger charge is 2.23. The van der Waals surface area contributed by atoms with Crippen LogP contribution in [-0.4, -0.2) is 37.5 Å². The maximum Gasteiger partial charge on any atom is 0.331 e. The van der Waals surface area contributed by atoms with Gasteiger partial charge in [0.1, 0.15) is 5.75 Å². The molecule has 1 aromatic rings. The number of nitrogens with zero attached hydrogens (tertiary/aromatic N) is 1. The molecule has 0 aliphatic rings. The van der Waals surface area contributed by atoms with Crippen LogP contribution in [-0.2, 0) is 10.0 Å². The summed E-state index contributed by atoms with van der Waals surface area (Å²) in [6.07, 6.45) is 1.46. The van der Waals surface area contributed by atoms with Crippen molar-refractivity contribution >= 4 is 22.1 Å². The van der Waals surface area contributed by atoms with Crippen LogP contribution in [0, 0.1) is 0 Å². The molecular formula is C18H28N2O4S. The van der Waals surface area contributed by atoms with Gasteiger partial charge in [0.2, 0.25) is 0 Å². The van der Waals surface area contributed by atoms with E-state index in [1.807, 2.05) is 41.5 Å². The van der Waals surface area contributed by atoms with Crippen LogP contribution in [0.15, 0.2) is 29.7 Å². The van der Waals surface area contributed by atoms with Gasteiger partial charge in [0.15, 0.2) is 0 Å². The SMILES string of the molecule is CC(C)Oc1cccc(/C=C/S(=O)(=O)NC(=O)N(C(C)C)C(C)C)c1. The fourth-order valence-corrected chi connectivity index (χ4v) is 3.16. The van der Waals surface area contributed by atoms with E-state index >= 15 is 0 Å². The molecule has 0 saturated heterocycles. The molecule has 0 saturated carbocycles. The zero-order chi connectivity index (χ0) is 19.2. The van der Waals surface area contributed by atoms with E-state index in [1.54, 1.807) is 24.3 Å². The van der Waals surface area contributed by atoms with Crippen LogP contribution in [0.3, 0.4) is 0 Å². The second-order valence-corrected chi connectivity index (χ2v) is 8.16. The molecule has 1 aromatic carbocycles. The van der Waals surface area contributed by atoms with Gasteiger partial charge in [-0.2, -0.15) is 0 Å². The van der Waals surface area contributed by atoms with Crippen molar-refractivity contribution in [3.05, 3.63) is 35.2 Å². The molecule has 0 heterocycles. The van der Waals surface area contributed by atoms with E-state index in [9.17, 15) is 13.2 Å². The summed E-state index contributed by atoms with van der Waals surface area (Å²) in [7, 11) is -3.89. The molecule has 2 amide bonds. The van der Waals surface area contributed by atoms with Crippen molar-refractivity contribution in [2.75, 3.05) is 0 Å². The average Bonchev–Trinajstić information content (AvgIpc) is 2.43. The van der Waals surface area contributed by atoms with E-state index in [0.29, 0.717) is 11.3 Å². The predicted octanol–water partition coefficient (Wildman–Crippen LogP) is 3.60. The molecule has 140 valence electrons. The van der Waals surface area contributed by atoms with Crippen LogP contribution in [0.25, 0.3) is 6.08 Å². The largest absolute Gasteiger partial charge is 0.491 e. The lowest BCUT2D eigenvalue weighted by Crippen LogP contribution is -2.48. The minimum atomic E-state index is -3.89. The Bertz CT molecular complexity index is 702. The predicted molar refractivity (Wildman–Crippen MR) is 101 cm³/mol. The number of urea groups is 1. The molecule has 0 fully saturated rings. The van der Waals surface area contributed by atoms with Gasteiger partial charge in [-0.1, -0.05) is 12.1 Å². The van der Waals surface area contributed by atoms with Gasteiger partial charge in [0.25, 0.3) is 10.0 Å². The van der Waals surface area contributed by atoms with Crippen LogP contribution in [0.2, 0.25) is 0 Å². The third-order valence-corrected chi connectivity index (χ3v) is 4.20. The number of sulfonamides is 1. The van der Waals surface area contributed by atoms with Gasteiger partial charge in [-0.3, -0.25) is 0 Å². The summed E-state index contributed by atoms with van der Waals surface area (Å²) < 4.78 is 32.0. The van der Waals surface area contributed by atoms with E-state index in [2.05, 4.69) is 4.72 Å². The van der Waals surface area contributed by atoms with Crippen molar-refractivity contribution in [2.45, 2.75) is 59.7 Å². The van der Waals surface area contributed by atoms with Crippen LogP contribution >= 0.6 is 0 Å². The maximum absolute atomic E-state index is 12.2. The van der Waals surface area contributed by atoms with Crippen LogP contribution in [0.4, 0.5) is 4.79 Å². The number of carbonyl (C=O) groups is 1. The summed E-state index contributed by atoms with van der Waals surface area (Å²) in [6, 6.07) is 6.23. The molecule has 0 unspecified atom stereocenters. The summed E-state index contributed by atoms with van der Waals surface area (Å²) in [5.74, 6) is 0.657. The molecule has 0 aromatic heterocycles. The third-order valence-electron chi connectivity index (χ3n) is 3.25. The first-order chi connectivity index (χ1) is 11.5. The summed E-state index contributed by atoms with van der Waals surface area (Å²) in [4.78, 5) is 13.7. The number of hydrogen-bond donors (Lipinski definition) is 1. The van der Waals surface area contributed by atoms with E-state index in [-0.39, 0.29) is 18.2 Å². The highest BCUT2D eigenvalue weighted by atomic mass is 32.2. The second kappa shape index (κ2) is 8.89. The fourth-order valence-electron chi connectivity index (χ4n) is 2.41. The van der Waals surface area contributed by atoms with E-state index in [1.165, 1.54) is 11.0 Å². The molecule has 25 heavy (non-hydrogen) atoms. The number of hydrogen-bond acceptors (Lipinski definition) is 4. The standard InChI is InChI=1S/C18H28N2O4S/c1-13(2)20(14(3)4)18(21)19-25(22,23)11-10-16-8-7-9-17(12-16)24-15(5)6/h7-15H,1-6H3,(H,19,21)/b11-10+. The molecule has 0 radical (unpaired) electrons. The average molecular weight is 368 g/mol. The normalized spacial score (nSPS) is 12.2. The van der Waals surface area contributed by atoms with Crippen molar-refractivity contribution < 1.29 is 17.9 Å².